The molecule has 0 aliphatic rings. The molecule has 1 rings (SSSR count). The number of unbranched alkanes of at least 4 members (excludes halogenated alkanes) is 2. The molecule has 0 heterocycles. The minimum Gasteiger partial charge on any atom is -0.298 e. The molecule has 84 valence electrons. The predicted octanol–water partition coefficient (Wildman–Crippen LogP) is 3.91. The summed E-state index contributed by atoms with van der Waals surface area (Å²) in [5.74, 6) is 1.05. The Hall–Kier alpha value is -0.760. The van der Waals surface area contributed by atoms with Crippen LogP contribution < -0.4 is 0 Å². The zero-order valence-electron chi connectivity index (χ0n) is 9.57. The van der Waals surface area contributed by atoms with Crippen LogP contribution in [0.1, 0.15) is 42.1 Å². The quantitative estimate of drug-likeness (QED) is 0.466. The van der Waals surface area contributed by atoms with Crippen LogP contribution in [0.15, 0.2) is 24.3 Å². The molecule has 2 heteroatoms. The van der Waals surface area contributed by atoms with Crippen LogP contribution in [0.2, 0.25) is 0 Å². The maximum atomic E-state index is 10.2. The molecule has 0 atom stereocenters. The molecule has 0 saturated heterocycles. The van der Waals surface area contributed by atoms with Crippen LogP contribution in [0.25, 0.3) is 0 Å². The number of hydrogen-bond acceptors (Lipinski definition) is 2. The highest BCUT2D eigenvalue weighted by molar-refractivity contribution is 7.80. The number of hydrogen-bond donors (Lipinski definition) is 1. The van der Waals surface area contributed by atoms with Crippen LogP contribution in [0, 0.1) is 6.92 Å². The third-order valence-corrected chi connectivity index (χ3v) is 2.39. The lowest BCUT2D eigenvalue weighted by Gasteiger charge is -1.92. The van der Waals surface area contributed by atoms with Gasteiger partial charge in [0, 0.05) is 5.56 Å². The maximum Gasteiger partial charge on any atom is 0.150 e. The Bertz CT molecular complexity index is 267. The van der Waals surface area contributed by atoms with Crippen LogP contribution in [-0.2, 0) is 0 Å². The van der Waals surface area contributed by atoms with Crippen LogP contribution in [0.5, 0.6) is 0 Å². The molecule has 0 spiro atoms. The molecule has 0 aromatic heterocycles. The summed E-state index contributed by atoms with van der Waals surface area (Å²) >= 11 is 4.05. The fourth-order valence-electron chi connectivity index (χ4n) is 1.08. The first-order chi connectivity index (χ1) is 7.26. The van der Waals surface area contributed by atoms with E-state index in [1.54, 1.807) is 0 Å². The van der Waals surface area contributed by atoms with Gasteiger partial charge in [-0.25, -0.2) is 0 Å². The lowest BCUT2D eigenvalue weighted by Crippen LogP contribution is -1.82. The van der Waals surface area contributed by atoms with Crippen molar-refractivity contribution in [3.63, 3.8) is 0 Å². The van der Waals surface area contributed by atoms with E-state index in [2.05, 4.69) is 19.6 Å². The summed E-state index contributed by atoms with van der Waals surface area (Å²) in [5.41, 5.74) is 1.81. The standard InChI is InChI=1S/C8H8O.C5H12S/c1-7-4-2-3-5-8(7)6-9;1-2-3-4-5-6/h2-6H,1H3;6H,2-5H2,1H3. The first-order valence-electron chi connectivity index (χ1n) is 5.38. The zero-order chi connectivity index (χ0) is 11.5. The van der Waals surface area contributed by atoms with Crippen molar-refractivity contribution in [2.75, 3.05) is 5.75 Å². The highest BCUT2D eigenvalue weighted by atomic mass is 32.1. The van der Waals surface area contributed by atoms with Crippen molar-refractivity contribution in [2.45, 2.75) is 33.1 Å². The molecule has 0 fully saturated rings. The van der Waals surface area contributed by atoms with Gasteiger partial charge in [-0.3, -0.25) is 4.79 Å². The van der Waals surface area contributed by atoms with Crippen molar-refractivity contribution in [2.24, 2.45) is 0 Å². The molecule has 0 aliphatic heterocycles. The number of carbonyl (C=O) groups is 1. The number of thiol groups is 1. The first kappa shape index (κ1) is 14.2. The minimum absolute atomic E-state index is 0.775. The third-order valence-electron chi connectivity index (χ3n) is 2.08. The van der Waals surface area contributed by atoms with E-state index >= 15 is 0 Å². The van der Waals surface area contributed by atoms with Gasteiger partial charge in [-0.1, -0.05) is 44.0 Å². The lowest BCUT2D eigenvalue weighted by atomic mass is 10.1. The van der Waals surface area contributed by atoms with Gasteiger partial charge in [0.05, 0.1) is 0 Å². The summed E-state index contributed by atoms with van der Waals surface area (Å²) in [6.45, 7) is 4.12. The zero-order valence-corrected chi connectivity index (χ0v) is 10.5. The van der Waals surface area contributed by atoms with Gasteiger partial charge in [-0.2, -0.15) is 12.6 Å². The van der Waals surface area contributed by atoms with E-state index in [9.17, 15) is 4.79 Å². The Morgan fingerprint density at radius 1 is 1.27 bits per heavy atom. The smallest absolute Gasteiger partial charge is 0.150 e. The van der Waals surface area contributed by atoms with E-state index in [0.29, 0.717) is 0 Å². The molecule has 0 radical (unpaired) electrons. The van der Waals surface area contributed by atoms with Crippen LogP contribution in [-0.4, -0.2) is 12.0 Å². The SMILES string of the molecule is CCCCCS.Cc1ccccc1C=O. The van der Waals surface area contributed by atoms with Gasteiger partial charge >= 0.3 is 0 Å². The van der Waals surface area contributed by atoms with E-state index < -0.39 is 0 Å². The monoisotopic (exact) mass is 224 g/mol. The van der Waals surface area contributed by atoms with Gasteiger partial charge in [0.25, 0.3) is 0 Å². The molecule has 1 aromatic rings. The molecule has 0 N–H and O–H groups in total. The van der Waals surface area contributed by atoms with Gasteiger partial charge in [0.15, 0.2) is 0 Å². The Kier molecular flexibility index (Phi) is 9.29. The molecule has 15 heavy (non-hydrogen) atoms. The lowest BCUT2D eigenvalue weighted by molar-refractivity contribution is 0.112. The van der Waals surface area contributed by atoms with Crippen LogP contribution >= 0.6 is 12.6 Å². The minimum atomic E-state index is 0.775. The fraction of sp³-hybridized carbons (Fsp3) is 0.462. The third kappa shape index (κ3) is 7.20. The molecule has 0 bridgehead atoms. The predicted molar refractivity (Wildman–Crippen MR) is 69.9 cm³/mol. The molecular formula is C13H20OS. The van der Waals surface area contributed by atoms with Crippen molar-refractivity contribution in [3.8, 4) is 0 Å². The summed E-state index contributed by atoms with van der Waals surface area (Å²) in [5, 5.41) is 0. The number of benzene rings is 1. The summed E-state index contributed by atoms with van der Waals surface area (Å²) < 4.78 is 0. The molecule has 0 saturated carbocycles. The van der Waals surface area contributed by atoms with Crippen LogP contribution in [0.4, 0.5) is 0 Å². The normalized spacial score (nSPS) is 9.00. The Morgan fingerprint density at radius 2 is 1.93 bits per heavy atom. The van der Waals surface area contributed by atoms with Crippen molar-refractivity contribution in [1.29, 1.82) is 0 Å². The molecule has 0 unspecified atom stereocenters. The van der Waals surface area contributed by atoms with Crippen LogP contribution in [0.3, 0.4) is 0 Å². The van der Waals surface area contributed by atoms with E-state index in [1.165, 1.54) is 19.3 Å². The maximum absolute atomic E-state index is 10.2. The number of aryl methyl sites for hydroxylation is 1. The number of aldehydes is 1. The highest BCUT2D eigenvalue weighted by Gasteiger charge is 1.90. The second-order valence-corrected chi connectivity index (χ2v) is 3.85. The largest absolute Gasteiger partial charge is 0.298 e. The van der Waals surface area contributed by atoms with E-state index in [0.717, 1.165) is 23.2 Å². The summed E-state index contributed by atoms with van der Waals surface area (Å²) in [6.07, 6.45) is 4.79. The topological polar surface area (TPSA) is 17.1 Å². The van der Waals surface area contributed by atoms with Crippen molar-refractivity contribution < 1.29 is 4.79 Å². The van der Waals surface area contributed by atoms with Gasteiger partial charge in [-0.15, -0.1) is 0 Å². The molecule has 1 aromatic carbocycles. The molecule has 1 nitrogen and oxygen atoms in total. The van der Waals surface area contributed by atoms with Crippen molar-refractivity contribution in [3.05, 3.63) is 35.4 Å². The second kappa shape index (κ2) is 9.78. The first-order valence-corrected chi connectivity index (χ1v) is 6.01. The molecule has 0 aliphatic carbocycles. The van der Waals surface area contributed by atoms with E-state index in [4.69, 9.17) is 0 Å². The second-order valence-electron chi connectivity index (χ2n) is 3.41. The molecule has 0 amide bonds. The highest BCUT2D eigenvalue weighted by Crippen LogP contribution is 2.02. The average Bonchev–Trinajstić information content (AvgIpc) is 2.28. The summed E-state index contributed by atoms with van der Waals surface area (Å²) in [4.78, 5) is 10.2. The summed E-state index contributed by atoms with van der Waals surface area (Å²) in [6, 6.07) is 7.51. The van der Waals surface area contributed by atoms with E-state index in [1.807, 2.05) is 31.2 Å². The van der Waals surface area contributed by atoms with E-state index in [-0.39, 0.29) is 0 Å². The average molecular weight is 224 g/mol. The molecular weight excluding hydrogens is 204 g/mol. The number of rotatable bonds is 4. The van der Waals surface area contributed by atoms with Gasteiger partial charge in [0.1, 0.15) is 6.29 Å². The Morgan fingerprint density at radius 3 is 2.27 bits per heavy atom. The Balaban J connectivity index is 0.000000288. The van der Waals surface area contributed by atoms with Gasteiger partial charge in [0.2, 0.25) is 0 Å². The van der Waals surface area contributed by atoms with Crippen molar-refractivity contribution in [1.82, 2.24) is 0 Å². The van der Waals surface area contributed by atoms with Crippen molar-refractivity contribution >= 4 is 18.9 Å². The Labute approximate surface area is 98.3 Å². The van der Waals surface area contributed by atoms with Gasteiger partial charge < -0.3 is 0 Å². The number of carbonyl (C=O) groups excluding carboxylic acids is 1. The van der Waals surface area contributed by atoms with Gasteiger partial charge in [-0.05, 0) is 24.7 Å². The summed E-state index contributed by atoms with van der Waals surface area (Å²) in [7, 11) is 0. The fourth-order valence-corrected chi connectivity index (χ4v) is 1.30.